The average Bonchev–Trinajstić information content (AvgIpc) is 2.28. The van der Waals surface area contributed by atoms with Gasteiger partial charge in [0.2, 0.25) is 0 Å². The SMILES string of the molecule is COC[C@@H]1CN(C(C)C)CCN1C1CN(C(C)C)C1. The third kappa shape index (κ3) is 3.48. The van der Waals surface area contributed by atoms with Gasteiger partial charge in [0.1, 0.15) is 0 Å². The fourth-order valence-corrected chi connectivity index (χ4v) is 3.30. The number of likely N-dealkylation sites (tertiary alicyclic amines) is 1. The second-order valence-corrected chi connectivity index (χ2v) is 6.64. The van der Waals surface area contributed by atoms with Crippen LogP contribution in [0.5, 0.6) is 0 Å². The van der Waals surface area contributed by atoms with E-state index < -0.39 is 0 Å². The first-order valence-electron chi connectivity index (χ1n) is 7.75. The van der Waals surface area contributed by atoms with Crippen LogP contribution in [-0.4, -0.2) is 85.3 Å². The Labute approximate surface area is 118 Å². The van der Waals surface area contributed by atoms with Crippen LogP contribution < -0.4 is 0 Å². The molecule has 1 atom stereocenters. The van der Waals surface area contributed by atoms with Gasteiger partial charge in [0.25, 0.3) is 0 Å². The van der Waals surface area contributed by atoms with Gasteiger partial charge >= 0.3 is 0 Å². The third-order valence-electron chi connectivity index (χ3n) is 4.74. The first kappa shape index (κ1) is 15.2. The molecule has 4 heteroatoms. The summed E-state index contributed by atoms with van der Waals surface area (Å²) in [6, 6.07) is 2.65. The lowest BCUT2D eigenvalue weighted by Gasteiger charge is -2.53. The zero-order valence-electron chi connectivity index (χ0n) is 13.3. The summed E-state index contributed by atoms with van der Waals surface area (Å²) in [5.74, 6) is 0. The van der Waals surface area contributed by atoms with E-state index in [0.29, 0.717) is 18.1 Å². The molecule has 0 N–H and O–H groups in total. The Bertz CT molecular complexity index is 277. The van der Waals surface area contributed by atoms with Crippen LogP contribution >= 0.6 is 0 Å². The van der Waals surface area contributed by atoms with Crippen molar-refractivity contribution in [3.05, 3.63) is 0 Å². The van der Waals surface area contributed by atoms with Crippen molar-refractivity contribution < 1.29 is 4.74 Å². The third-order valence-corrected chi connectivity index (χ3v) is 4.74. The van der Waals surface area contributed by atoms with Crippen LogP contribution in [0.3, 0.4) is 0 Å². The Kier molecular flexibility index (Phi) is 5.23. The minimum absolute atomic E-state index is 0.570. The fraction of sp³-hybridized carbons (Fsp3) is 1.00. The molecule has 2 rings (SSSR count). The number of hydrogen-bond acceptors (Lipinski definition) is 4. The minimum Gasteiger partial charge on any atom is -0.383 e. The van der Waals surface area contributed by atoms with Gasteiger partial charge in [-0.2, -0.15) is 0 Å². The fourth-order valence-electron chi connectivity index (χ4n) is 3.30. The summed E-state index contributed by atoms with van der Waals surface area (Å²) >= 11 is 0. The number of hydrogen-bond donors (Lipinski definition) is 0. The van der Waals surface area contributed by atoms with Gasteiger partial charge in [0.15, 0.2) is 0 Å². The van der Waals surface area contributed by atoms with Crippen LogP contribution in [0.15, 0.2) is 0 Å². The van der Waals surface area contributed by atoms with Crippen LogP contribution in [0.4, 0.5) is 0 Å². The van der Waals surface area contributed by atoms with E-state index in [1.807, 2.05) is 7.11 Å². The van der Waals surface area contributed by atoms with Crippen molar-refractivity contribution in [2.45, 2.75) is 51.9 Å². The standard InChI is InChI=1S/C15H31N3O/c1-12(2)16-6-7-18(15(10-16)11-19-5)14-8-17(9-14)13(3)4/h12-15H,6-11H2,1-5H3/t15-/m0/s1. The minimum atomic E-state index is 0.570. The van der Waals surface area contributed by atoms with Crippen LogP contribution in [0.25, 0.3) is 0 Å². The van der Waals surface area contributed by atoms with Crippen molar-refractivity contribution in [2.24, 2.45) is 0 Å². The molecular weight excluding hydrogens is 238 g/mol. The highest BCUT2D eigenvalue weighted by atomic mass is 16.5. The van der Waals surface area contributed by atoms with Gasteiger partial charge in [-0.25, -0.2) is 0 Å². The zero-order chi connectivity index (χ0) is 14.0. The normalized spacial score (nSPS) is 28.3. The maximum atomic E-state index is 5.45. The van der Waals surface area contributed by atoms with Crippen molar-refractivity contribution in [1.82, 2.24) is 14.7 Å². The second-order valence-electron chi connectivity index (χ2n) is 6.64. The average molecular weight is 269 g/mol. The monoisotopic (exact) mass is 269 g/mol. The highest BCUT2D eigenvalue weighted by Crippen LogP contribution is 2.23. The first-order valence-corrected chi connectivity index (χ1v) is 7.75. The molecule has 112 valence electrons. The van der Waals surface area contributed by atoms with Crippen LogP contribution in [-0.2, 0) is 4.74 Å². The van der Waals surface area contributed by atoms with Crippen LogP contribution in [0.1, 0.15) is 27.7 Å². The predicted molar refractivity (Wildman–Crippen MR) is 79.6 cm³/mol. The van der Waals surface area contributed by atoms with E-state index >= 15 is 0 Å². The first-order chi connectivity index (χ1) is 9.02. The summed E-state index contributed by atoms with van der Waals surface area (Å²) < 4.78 is 5.45. The Morgan fingerprint density at radius 1 is 0.947 bits per heavy atom. The predicted octanol–water partition coefficient (Wildman–Crippen LogP) is 1.12. The van der Waals surface area contributed by atoms with Crippen molar-refractivity contribution in [3.63, 3.8) is 0 Å². The summed E-state index contributed by atoms with van der Waals surface area (Å²) in [4.78, 5) is 7.84. The van der Waals surface area contributed by atoms with E-state index in [9.17, 15) is 0 Å². The van der Waals surface area contributed by atoms with Crippen LogP contribution in [0, 0.1) is 0 Å². The van der Waals surface area contributed by atoms with Gasteiger partial charge in [0.05, 0.1) is 6.61 Å². The van der Waals surface area contributed by atoms with Gasteiger partial charge in [-0.3, -0.25) is 14.7 Å². The van der Waals surface area contributed by atoms with Crippen molar-refractivity contribution >= 4 is 0 Å². The number of methoxy groups -OCH3 is 1. The summed E-state index contributed by atoms with van der Waals surface area (Å²) in [5, 5.41) is 0. The number of nitrogens with zero attached hydrogens (tertiary/aromatic N) is 3. The molecule has 0 aromatic heterocycles. The van der Waals surface area contributed by atoms with Crippen molar-refractivity contribution in [2.75, 3.05) is 46.4 Å². The molecule has 2 aliphatic rings. The van der Waals surface area contributed by atoms with E-state index in [4.69, 9.17) is 4.74 Å². The smallest absolute Gasteiger partial charge is 0.0630 e. The van der Waals surface area contributed by atoms with E-state index in [-0.39, 0.29) is 0 Å². The number of ether oxygens (including phenoxy) is 1. The molecule has 0 amide bonds. The molecule has 0 aliphatic carbocycles. The van der Waals surface area contributed by atoms with E-state index in [1.54, 1.807) is 0 Å². The Morgan fingerprint density at radius 2 is 1.58 bits per heavy atom. The topological polar surface area (TPSA) is 19.0 Å². The van der Waals surface area contributed by atoms with Crippen molar-refractivity contribution in [1.29, 1.82) is 0 Å². The van der Waals surface area contributed by atoms with E-state index in [1.165, 1.54) is 26.2 Å². The molecule has 0 unspecified atom stereocenters. The van der Waals surface area contributed by atoms with Crippen molar-refractivity contribution in [3.8, 4) is 0 Å². The molecule has 19 heavy (non-hydrogen) atoms. The Hall–Kier alpha value is -0.160. The zero-order valence-corrected chi connectivity index (χ0v) is 13.3. The highest BCUT2D eigenvalue weighted by molar-refractivity contribution is 4.95. The molecule has 0 bridgehead atoms. The van der Waals surface area contributed by atoms with Gasteiger partial charge in [-0.1, -0.05) is 0 Å². The van der Waals surface area contributed by atoms with Gasteiger partial charge in [-0.05, 0) is 27.7 Å². The number of piperazine rings is 1. The summed E-state index contributed by atoms with van der Waals surface area (Å²) in [5.41, 5.74) is 0. The molecule has 0 aromatic rings. The Balaban J connectivity index is 1.89. The Morgan fingerprint density at radius 3 is 2.11 bits per heavy atom. The molecule has 2 saturated heterocycles. The van der Waals surface area contributed by atoms with Crippen LogP contribution in [0.2, 0.25) is 0 Å². The molecule has 2 aliphatic heterocycles. The molecule has 0 spiro atoms. The molecule has 0 radical (unpaired) electrons. The van der Waals surface area contributed by atoms with E-state index in [0.717, 1.165) is 19.2 Å². The maximum absolute atomic E-state index is 5.45. The lowest BCUT2D eigenvalue weighted by atomic mass is 10.0. The van der Waals surface area contributed by atoms with Gasteiger partial charge < -0.3 is 4.74 Å². The number of rotatable bonds is 5. The quantitative estimate of drug-likeness (QED) is 0.744. The molecular formula is C15H31N3O. The van der Waals surface area contributed by atoms with Gasteiger partial charge in [0, 0.05) is 64.0 Å². The molecule has 2 heterocycles. The molecule has 0 aromatic carbocycles. The summed E-state index contributed by atoms with van der Waals surface area (Å²) in [6.07, 6.45) is 0. The molecule has 2 fully saturated rings. The summed E-state index contributed by atoms with van der Waals surface area (Å²) in [6.45, 7) is 16.1. The molecule has 4 nitrogen and oxygen atoms in total. The van der Waals surface area contributed by atoms with E-state index in [2.05, 4.69) is 42.4 Å². The maximum Gasteiger partial charge on any atom is 0.0630 e. The lowest BCUT2D eigenvalue weighted by Crippen LogP contribution is -2.68. The second kappa shape index (κ2) is 6.53. The van der Waals surface area contributed by atoms with Gasteiger partial charge in [-0.15, -0.1) is 0 Å². The highest BCUT2D eigenvalue weighted by Gasteiger charge is 2.39. The molecule has 0 saturated carbocycles. The largest absolute Gasteiger partial charge is 0.383 e. The lowest BCUT2D eigenvalue weighted by molar-refractivity contribution is -0.0619. The summed E-state index contributed by atoms with van der Waals surface area (Å²) in [7, 11) is 1.83.